The number of rotatable bonds is 4. The number of benzene rings is 2. The Kier molecular flexibility index (Phi) is 4.69. The van der Waals surface area contributed by atoms with Gasteiger partial charge in [0, 0.05) is 34.1 Å². The number of aryl methyl sites for hydroxylation is 1. The molecule has 0 spiro atoms. The smallest absolute Gasteiger partial charge is 0.255 e. The summed E-state index contributed by atoms with van der Waals surface area (Å²) < 4.78 is 11.2. The van der Waals surface area contributed by atoms with Crippen LogP contribution in [0.3, 0.4) is 0 Å². The zero-order chi connectivity index (χ0) is 14.5. The van der Waals surface area contributed by atoms with Gasteiger partial charge in [-0.2, -0.15) is 0 Å². The molecule has 0 fully saturated rings. The van der Waals surface area contributed by atoms with Gasteiger partial charge in [-0.15, -0.1) is 0 Å². The maximum Gasteiger partial charge on any atom is 0.255 e. The molecule has 0 aliphatic carbocycles. The number of carbonyl (C=O) groups excluding carboxylic acids is 1. The highest BCUT2D eigenvalue weighted by molar-refractivity contribution is 7.83. The van der Waals surface area contributed by atoms with E-state index in [9.17, 15) is 9.00 Å². The molecule has 1 unspecified atom stereocenters. The minimum absolute atomic E-state index is 0.150. The topological polar surface area (TPSA) is 46.2 Å². The van der Waals surface area contributed by atoms with Gasteiger partial charge in [-0.3, -0.25) is 9.00 Å². The van der Waals surface area contributed by atoms with Crippen LogP contribution in [0.15, 0.2) is 48.5 Å². The minimum atomic E-state index is -0.911. The fraction of sp³-hybridized carbons (Fsp3) is 0.188. The van der Waals surface area contributed by atoms with E-state index in [4.69, 9.17) is 0 Å². The first kappa shape index (κ1) is 14.5. The lowest BCUT2D eigenvalue weighted by molar-refractivity contribution is 0.102. The van der Waals surface area contributed by atoms with E-state index in [0.717, 1.165) is 16.8 Å². The Hall–Kier alpha value is -1.94. The van der Waals surface area contributed by atoms with Crippen LogP contribution in [0, 0.1) is 6.92 Å². The third-order valence-electron chi connectivity index (χ3n) is 2.95. The highest BCUT2D eigenvalue weighted by Crippen LogP contribution is 2.15. The van der Waals surface area contributed by atoms with Gasteiger partial charge in [-0.1, -0.05) is 30.3 Å². The molecule has 2 aromatic carbocycles. The van der Waals surface area contributed by atoms with Gasteiger partial charge in [0.05, 0.1) is 0 Å². The predicted octanol–water partition coefficient (Wildman–Crippen LogP) is 3.13. The van der Waals surface area contributed by atoms with Crippen LogP contribution in [0.25, 0.3) is 0 Å². The van der Waals surface area contributed by atoms with Gasteiger partial charge in [0.1, 0.15) is 0 Å². The lowest BCUT2D eigenvalue weighted by Crippen LogP contribution is -2.13. The molecule has 0 bridgehead atoms. The molecular weight excluding hydrogens is 270 g/mol. The molecule has 3 nitrogen and oxygen atoms in total. The van der Waals surface area contributed by atoms with Crippen LogP contribution in [0.4, 0.5) is 5.69 Å². The second-order valence-corrected chi connectivity index (χ2v) is 6.12. The zero-order valence-electron chi connectivity index (χ0n) is 11.6. The molecule has 0 aliphatic rings. The molecule has 1 N–H and O–H groups in total. The molecule has 0 aliphatic heterocycles. The van der Waals surface area contributed by atoms with Crippen molar-refractivity contribution >= 4 is 22.4 Å². The average molecular weight is 287 g/mol. The first-order valence-corrected chi connectivity index (χ1v) is 8.05. The molecule has 0 aromatic heterocycles. The predicted molar refractivity (Wildman–Crippen MR) is 83.3 cm³/mol. The second kappa shape index (κ2) is 6.48. The fourth-order valence-corrected chi connectivity index (χ4v) is 2.59. The van der Waals surface area contributed by atoms with E-state index >= 15 is 0 Å². The normalized spacial score (nSPS) is 11.9. The SMILES string of the molecule is Cc1ccccc1NC(=O)c1cccc(CS(C)=O)c1. The van der Waals surface area contributed by atoms with E-state index in [1.807, 2.05) is 43.3 Å². The molecule has 20 heavy (non-hydrogen) atoms. The lowest BCUT2D eigenvalue weighted by Gasteiger charge is -2.09. The average Bonchev–Trinajstić information content (AvgIpc) is 2.41. The molecule has 2 aromatic rings. The Bertz CT molecular complexity index is 652. The van der Waals surface area contributed by atoms with Crippen LogP contribution in [-0.4, -0.2) is 16.4 Å². The van der Waals surface area contributed by atoms with Crippen molar-refractivity contribution < 1.29 is 9.00 Å². The summed E-state index contributed by atoms with van der Waals surface area (Å²) in [6, 6.07) is 14.9. The van der Waals surface area contributed by atoms with Crippen molar-refractivity contribution in [1.29, 1.82) is 0 Å². The summed E-state index contributed by atoms with van der Waals surface area (Å²) >= 11 is 0. The zero-order valence-corrected chi connectivity index (χ0v) is 12.4. The quantitative estimate of drug-likeness (QED) is 0.939. The van der Waals surface area contributed by atoms with Gasteiger partial charge in [0.2, 0.25) is 0 Å². The number of hydrogen-bond acceptors (Lipinski definition) is 2. The van der Waals surface area contributed by atoms with Crippen LogP contribution in [0.1, 0.15) is 21.5 Å². The van der Waals surface area contributed by atoms with Crippen molar-refractivity contribution in [3.63, 3.8) is 0 Å². The van der Waals surface area contributed by atoms with Crippen LogP contribution in [-0.2, 0) is 16.6 Å². The van der Waals surface area contributed by atoms with E-state index in [2.05, 4.69) is 5.32 Å². The summed E-state index contributed by atoms with van der Waals surface area (Å²) in [6.45, 7) is 1.95. The fourth-order valence-electron chi connectivity index (χ4n) is 1.94. The summed E-state index contributed by atoms with van der Waals surface area (Å²) in [5.41, 5.74) is 3.31. The molecule has 4 heteroatoms. The largest absolute Gasteiger partial charge is 0.322 e. The van der Waals surface area contributed by atoms with Crippen molar-refractivity contribution in [2.75, 3.05) is 11.6 Å². The lowest BCUT2D eigenvalue weighted by atomic mass is 10.1. The van der Waals surface area contributed by atoms with Gasteiger partial charge in [-0.25, -0.2) is 0 Å². The molecule has 0 saturated heterocycles. The van der Waals surface area contributed by atoms with E-state index in [-0.39, 0.29) is 5.91 Å². The molecule has 104 valence electrons. The third kappa shape index (κ3) is 3.78. The van der Waals surface area contributed by atoms with Crippen LogP contribution in [0.2, 0.25) is 0 Å². The van der Waals surface area contributed by atoms with E-state index in [1.54, 1.807) is 18.4 Å². The van der Waals surface area contributed by atoms with Gasteiger partial charge < -0.3 is 5.32 Å². The maximum absolute atomic E-state index is 12.2. The first-order chi connectivity index (χ1) is 9.56. The van der Waals surface area contributed by atoms with E-state index < -0.39 is 10.8 Å². The molecule has 0 radical (unpaired) electrons. The Labute approximate surface area is 121 Å². The Morgan fingerprint density at radius 2 is 1.90 bits per heavy atom. The van der Waals surface area contributed by atoms with E-state index in [1.165, 1.54) is 0 Å². The van der Waals surface area contributed by atoms with Gasteiger partial charge in [0.15, 0.2) is 0 Å². The van der Waals surface area contributed by atoms with Crippen molar-refractivity contribution in [3.05, 3.63) is 65.2 Å². The number of hydrogen-bond donors (Lipinski definition) is 1. The van der Waals surface area contributed by atoms with E-state index in [0.29, 0.717) is 11.3 Å². The van der Waals surface area contributed by atoms with Crippen molar-refractivity contribution in [2.24, 2.45) is 0 Å². The Balaban J connectivity index is 2.17. The summed E-state index contributed by atoms with van der Waals surface area (Å²) in [6.07, 6.45) is 1.65. The van der Waals surface area contributed by atoms with Crippen LogP contribution in [0.5, 0.6) is 0 Å². The number of nitrogens with one attached hydrogen (secondary N) is 1. The number of amides is 1. The molecule has 1 atom stereocenters. The number of para-hydroxylation sites is 1. The monoisotopic (exact) mass is 287 g/mol. The summed E-state index contributed by atoms with van der Waals surface area (Å²) in [7, 11) is -0.911. The Morgan fingerprint density at radius 3 is 2.60 bits per heavy atom. The maximum atomic E-state index is 12.2. The van der Waals surface area contributed by atoms with Crippen LogP contribution < -0.4 is 5.32 Å². The molecule has 0 heterocycles. The highest BCUT2D eigenvalue weighted by Gasteiger charge is 2.08. The molecular formula is C16H17NO2S. The highest BCUT2D eigenvalue weighted by atomic mass is 32.2. The molecule has 1 amide bonds. The standard InChI is InChI=1S/C16H17NO2S/c1-12-6-3-4-9-15(12)17-16(18)14-8-5-7-13(10-14)11-20(2)19/h3-10H,11H2,1-2H3,(H,17,18). The number of carbonyl (C=O) groups is 1. The van der Waals surface area contributed by atoms with Crippen molar-refractivity contribution in [3.8, 4) is 0 Å². The summed E-state index contributed by atoms with van der Waals surface area (Å²) in [5.74, 6) is 0.314. The van der Waals surface area contributed by atoms with Crippen molar-refractivity contribution in [1.82, 2.24) is 0 Å². The number of anilines is 1. The van der Waals surface area contributed by atoms with Crippen LogP contribution >= 0.6 is 0 Å². The molecule has 0 saturated carbocycles. The van der Waals surface area contributed by atoms with Gasteiger partial charge in [-0.05, 0) is 36.2 Å². The second-order valence-electron chi connectivity index (χ2n) is 4.69. The summed E-state index contributed by atoms with van der Waals surface area (Å²) in [5, 5.41) is 2.89. The van der Waals surface area contributed by atoms with Gasteiger partial charge >= 0.3 is 0 Å². The molecule has 2 rings (SSSR count). The summed E-state index contributed by atoms with van der Waals surface area (Å²) in [4.78, 5) is 12.2. The minimum Gasteiger partial charge on any atom is -0.322 e. The third-order valence-corrected chi connectivity index (χ3v) is 3.69. The Morgan fingerprint density at radius 1 is 1.15 bits per heavy atom. The first-order valence-electron chi connectivity index (χ1n) is 6.32. The van der Waals surface area contributed by atoms with Crippen molar-refractivity contribution in [2.45, 2.75) is 12.7 Å². The van der Waals surface area contributed by atoms with Gasteiger partial charge in [0.25, 0.3) is 5.91 Å².